The van der Waals surface area contributed by atoms with Crippen molar-refractivity contribution in [2.75, 3.05) is 13.1 Å². The van der Waals surface area contributed by atoms with Crippen molar-refractivity contribution in [1.29, 1.82) is 0 Å². The molecule has 3 aromatic carbocycles. The number of amides is 1. The van der Waals surface area contributed by atoms with E-state index in [2.05, 4.69) is 53.4 Å². The van der Waals surface area contributed by atoms with Crippen LogP contribution in [0.2, 0.25) is 0 Å². The van der Waals surface area contributed by atoms with Crippen LogP contribution in [0.5, 0.6) is 0 Å². The third-order valence-corrected chi connectivity index (χ3v) is 5.58. The Labute approximate surface area is 195 Å². The fourth-order valence-electron chi connectivity index (χ4n) is 3.77. The van der Waals surface area contributed by atoms with E-state index in [1.165, 1.54) is 16.7 Å². The average molecular weight is 470 g/mol. The van der Waals surface area contributed by atoms with E-state index in [9.17, 15) is 18.0 Å². The number of nitrogens with two attached hydrogens (primary N) is 1. The number of primary amides is 1. The van der Waals surface area contributed by atoms with Crippen LogP contribution in [0.25, 0.3) is 11.1 Å². The largest absolute Gasteiger partial charge is 0.490 e. The van der Waals surface area contributed by atoms with E-state index in [-0.39, 0.29) is 5.91 Å². The van der Waals surface area contributed by atoms with Crippen molar-refractivity contribution in [3.8, 4) is 11.1 Å². The van der Waals surface area contributed by atoms with Crippen LogP contribution >= 0.6 is 0 Å². The van der Waals surface area contributed by atoms with Crippen LogP contribution in [0.1, 0.15) is 27.0 Å². The molecule has 0 saturated carbocycles. The zero-order chi connectivity index (χ0) is 24.7. The Balaban J connectivity index is 0.000000406. The third-order valence-electron chi connectivity index (χ3n) is 5.58. The molecule has 3 aromatic rings. The smallest absolute Gasteiger partial charge is 0.475 e. The highest BCUT2D eigenvalue weighted by Gasteiger charge is 2.38. The summed E-state index contributed by atoms with van der Waals surface area (Å²) in [5.41, 5.74) is 12.4. The number of carbonyl (C=O) groups is 2. The molecule has 0 bridgehead atoms. The Morgan fingerprint density at radius 1 is 0.912 bits per heavy atom. The molecule has 0 atom stereocenters. The monoisotopic (exact) mass is 470 g/mol. The maximum absolute atomic E-state index is 11.4. The summed E-state index contributed by atoms with van der Waals surface area (Å²) in [6.07, 6.45) is -2.93. The first-order valence-corrected chi connectivity index (χ1v) is 10.7. The van der Waals surface area contributed by atoms with Gasteiger partial charge in [-0.2, -0.15) is 13.2 Å². The minimum Gasteiger partial charge on any atom is -0.475 e. The van der Waals surface area contributed by atoms with Gasteiger partial charge in [0.1, 0.15) is 0 Å². The Kier molecular flexibility index (Phi) is 8.07. The van der Waals surface area contributed by atoms with Crippen molar-refractivity contribution in [2.24, 2.45) is 5.73 Å². The zero-order valence-electron chi connectivity index (χ0n) is 18.4. The fourth-order valence-corrected chi connectivity index (χ4v) is 3.77. The Hall–Kier alpha value is -3.65. The summed E-state index contributed by atoms with van der Waals surface area (Å²) < 4.78 is 31.7. The van der Waals surface area contributed by atoms with Gasteiger partial charge >= 0.3 is 12.1 Å². The predicted octanol–water partition coefficient (Wildman–Crippen LogP) is 4.69. The number of benzene rings is 3. The Bertz CT molecular complexity index is 1150. The molecule has 3 N–H and O–H groups in total. The standard InChI is InChI=1S/C24H24N2O.C2HF3O2/c25-24(27)22-8-4-7-19(16-22)20-9-10-23-17-26(14-12-21(23)15-20)13-11-18-5-2-1-3-6-18;3-2(4,5)1(6)7/h1-10,15-16H,11-14,17H2,(H2,25,27);(H,6,7). The Morgan fingerprint density at radius 2 is 1.59 bits per heavy atom. The summed E-state index contributed by atoms with van der Waals surface area (Å²) in [7, 11) is 0. The summed E-state index contributed by atoms with van der Waals surface area (Å²) in [6, 6.07) is 24.9. The molecule has 178 valence electrons. The van der Waals surface area contributed by atoms with Crippen LogP contribution in [-0.4, -0.2) is 41.1 Å². The summed E-state index contributed by atoms with van der Waals surface area (Å²) in [5, 5.41) is 7.12. The van der Waals surface area contributed by atoms with E-state index in [1.54, 1.807) is 6.07 Å². The minimum atomic E-state index is -5.08. The first-order chi connectivity index (χ1) is 16.1. The van der Waals surface area contributed by atoms with Gasteiger partial charge in [0.05, 0.1) is 0 Å². The van der Waals surface area contributed by atoms with Crippen molar-refractivity contribution in [3.05, 3.63) is 95.1 Å². The van der Waals surface area contributed by atoms with Crippen LogP contribution < -0.4 is 5.73 Å². The molecule has 1 amide bonds. The van der Waals surface area contributed by atoms with Gasteiger partial charge in [0.2, 0.25) is 5.91 Å². The molecule has 0 fully saturated rings. The van der Waals surface area contributed by atoms with Crippen molar-refractivity contribution >= 4 is 11.9 Å². The second-order valence-corrected chi connectivity index (χ2v) is 7.99. The molecule has 1 aliphatic heterocycles. The van der Waals surface area contributed by atoms with Crippen LogP contribution in [0.3, 0.4) is 0 Å². The molecule has 0 aliphatic carbocycles. The number of carboxylic acids is 1. The first kappa shape index (κ1) is 25.0. The van der Waals surface area contributed by atoms with E-state index in [1.807, 2.05) is 18.2 Å². The molecule has 1 heterocycles. The lowest BCUT2D eigenvalue weighted by Gasteiger charge is -2.29. The number of halogens is 3. The number of rotatable bonds is 5. The van der Waals surface area contributed by atoms with Gasteiger partial charge in [-0.25, -0.2) is 4.79 Å². The van der Waals surface area contributed by atoms with E-state index in [0.29, 0.717) is 5.56 Å². The second kappa shape index (κ2) is 11.0. The van der Waals surface area contributed by atoms with Gasteiger partial charge in [0.15, 0.2) is 0 Å². The molecular formula is C26H25F3N2O3. The van der Waals surface area contributed by atoms with Gasteiger partial charge < -0.3 is 10.8 Å². The molecule has 5 nitrogen and oxygen atoms in total. The van der Waals surface area contributed by atoms with Gasteiger partial charge in [0.25, 0.3) is 0 Å². The first-order valence-electron chi connectivity index (χ1n) is 10.7. The fraction of sp³-hybridized carbons (Fsp3) is 0.231. The van der Waals surface area contributed by atoms with E-state index in [4.69, 9.17) is 15.6 Å². The van der Waals surface area contributed by atoms with Gasteiger partial charge in [-0.1, -0.05) is 60.7 Å². The van der Waals surface area contributed by atoms with Crippen molar-refractivity contribution in [3.63, 3.8) is 0 Å². The topological polar surface area (TPSA) is 83.6 Å². The number of aliphatic carboxylic acids is 1. The molecule has 0 saturated heterocycles. The molecular weight excluding hydrogens is 445 g/mol. The number of carboxylic acid groups (broad SMARTS) is 1. The zero-order valence-corrected chi connectivity index (χ0v) is 18.4. The highest BCUT2D eigenvalue weighted by Crippen LogP contribution is 2.27. The predicted molar refractivity (Wildman–Crippen MR) is 123 cm³/mol. The number of hydrogen-bond acceptors (Lipinski definition) is 3. The van der Waals surface area contributed by atoms with Gasteiger partial charge in [0, 0.05) is 25.2 Å². The lowest BCUT2D eigenvalue weighted by molar-refractivity contribution is -0.192. The van der Waals surface area contributed by atoms with Crippen molar-refractivity contribution < 1.29 is 27.9 Å². The average Bonchev–Trinajstić information content (AvgIpc) is 2.83. The van der Waals surface area contributed by atoms with Crippen molar-refractivity contribution in [2.45, 2.75) is 25.6 Å². The minimum absolute atomic E-state index is 0.385. The molecule has 0 unspecified atom stereocenters. The normalized spacial score (nSPS) is 13.4. The molecule has 4 rings (SSSR count). The van der Waals surface area contributed by atoms with Crippen LogP contribution in [0, 0.1) is 0 Å². The molecule has 0 spiro atoms. The lowest BCUT2D eigenvalue weighted by Crippen LogP contribution is -2.32. The third kappa shape index (κ3) is 6.92. The molecule has 0 radical (unpaired) electrons. The molecule has 0 aromatic heterocycles. The van der Waals surface area contributed by atoms with E-state index >= 15 is 0 Å². The van der Waals surface area contributed by atoms with Gasteiger partial charge in [-0.05, 0) is 52.8 Å². The highest BCUT2D eigenvalue weighted by molar-refractivity contribution is 5.94. The quantitative estimate of drug-likeness (QED) is 0.567. The van der Waals surface area contributed by atoms with Gasteiger partial charge in [-0.3, -0.25) is 9.69 Å². The van der Waals surface area contributed by atoms with Crippen LogP contribution in [0.15, 0.2) is 72.8 Å². The summed E-state index contributed by atoms with van der Waals surface area (Å²) >= 11 is 0. The summed E-state index contributed by atoms with van der Waals surface area (Å²) in [5.74, 6) is -3.14. The number of carbonyl (C=O) groups excluding carboxylic acids is 1. The number of alkyl halides is 3. The second-order valence-electron chi connectivity index (χ2n) is 7.99. The molecule has 8 heteroatoms. The number of nitrogens with zero attached hydrogens (tertiary/aromatic N) is 1. The summed E-state index contributed by atoms with van der Waals surface area (Å²) in [6.45, 7) is 3.18. The number of hydrogen-bond donors (Lipinski definition) is 2. The molecule has 1 aliphatic rings. The van der Waals surface area contributed by atoms with E-state index < -0.39 is 12.1 Å². The summed E-state index contributed by atoms with van der Waals surface area (Å²) in [4.78, 5) is 22.9. The maximum atomic E-state index is 11.4. The van der Waals surface area contributed by atoms with Crippen LogP contribution in [-0.2, 0) is 24.2 Å². The SMILES string of the molecule is NC(=O)c1cccc(-c2ccc3c(c2)CCN(CCc2ccccc2)C3)c1.O=C(O)C(F)(F)F. The number of fused-ring (bicyclic) bond motifs is 1. The van der Waals surface area contributed by atoms with E-state index in [0.717, 1.165) is 43.6 Å². The van der Waals surface area contributed by atoms with Gasteiger partial charge in [-0.15, -0.1) is 0 Å². The highest BCUT2D eigenvalue weighted by atomic mass is 19.4. The lowest BCUT2D eigenvalue weighted by atomic mass is 9.94. The Morgan fingerprint density at radius 3 is 2.24 bits per heavy atom. The van der Waals surface area contributed by atoms with Crippen molar-refractivity contribution in [1.82, 2.24) is 4.90 Å². The maximum Gasteiger partial charge on any atom is 0.490 e. The van der Waals surface area contributed by atoms with Crippen LogP contribution in [0.4, 0.5) is 13.2 Å². The molecule has 34 heavy (non-hydrogen) atoms.